The van der Waals surface area contributed by atoms with Gasteiger partial charge in [0.2, 0.25) is 4.33 Å². The Hall–Kier alpha value is -0.350. The van der Waals surface area contributed by atoms with Crippen LogP contribution in [0, 0.1) is 22.2 Å². The van der Waals surface area contributed by atoms with Crippen LogP contribution in [0.15, 0.2) is 5.18 Å². The van der Waals surface area contributed by atoms with Gasteiger partial charge in [-0.2, -0.15) is 4.91 Å². The quantitative estimate of drug-likeness (QED) is 0.640. The van der Waals surface area contributed by atoms with Gasteiger partial charge in [-0.3, -0.25) is 0 Å². The third kappa shape index (κ3) is 1.48. The molecule has 0 aliphatic heterocycles. The van der Waals surface area contributed by atoms with E-state index in [1.54, 1.807) is 0 Å². The lowest BCUT2D eigenvalue weighted by molar-refractivity contribution is -0.148. The third-order valence-corrected chi connectivity index (χ3v) is 6.28. The SMILES string of the molecule is O=NC12CC3CC(C1)CC(C(Cl)(Cl)C(=O)O)(C3)C2. The van der Waals surface area contributed by atoms with Crippen molar-refractivity contribution in [3.05, 3.63) is 4.91 Å². The Bertz CT molecular complexity index is 410. The maximum atomic E-state index is 11.4. The van der Waals surface area contributed by atoms with Gasteiger partial charge in [-0.05, 0) is 50.4 Å². The van der Waals surface area contributed by atoms with Crippen LogP contribution in [0.4, 0.5) is 0 Å². The van der Waals surface area contributed by atoms with Crippen LogP contribution in [-0.4, -0.2) is 20.9 Å². The molecule has 4 bridgehead atoms. The molecule has 0 aromatic carbocycles. The molecule has 0 saturated heterocycles. The van der Waals surface area contributed by atoms with Crippen molar-refractivity contribution in [3.63, 3.8) is 0 Å². The first-order valence-corrected chi connectivity index (χ1v) is 7.04. The van der Waals surface area contributed by atoms with E-state index in [1.807, 2.05) is 0 Å². The number of carbonyl (C=O) groups is 1. The zero-order valence-electron chi connectivity index (χ0n) is 9.86. The predicted octanol–water partition coefficient (Wildman–Crippen LogP) is 3.35. The third-order valence-electron chi connectivity index (χ3n) is 5.16. The predicted molar refractivity (Wildman–Crippen MR) is 67.7 cm³/mol. The highest BCUT2D eigenvalue weighted by molar-refractivity contribution is 6.58. The van der Waals surface area contributed by atoms with Crippen molar-refractivity contribution < 1.29 is 9.90 Å². The zero-order chi connectivity index (χ0) is 13.2. The number of rotatable bonds is 3. The molecule has 0 heterocycles. The summed E-state index contributed by atoms with van der Waals surface area (Å²) in [6.45, 7) is 0. The fourth-order valence-electron chi connectivity index (χ4n) is 4.92. The van der Waals surface area contributed by atoms with Gasteiger partial charge in [0.25, 0.3) is 0 Å². The molecule has 4 fully saturated rings. The Labute approximate surface area is 115 Å². The number of nitrogens with zero attached hydrogens (tertiary/aromatic N) is 1. The van der Waals surface area contributed by atoms with Crippen LogP contribution in [0.25, 0.3) is 0 Å². The summed E-state index contributed by atoms with van der Waals surface area (Å²) in [5.74, 6) is -0.505. The Balaban J connectivity index is 2.04. The number of nitroso groups, excluding NO2 is 1. The van der Waals surface area contributed by atoms with Crippen molar-refractivity contribution in [1.82, 2.24) is 0 Å². The molecule has 18 heavy (non-hydrogen) atoms. The molecular formula is C12H15Cl2NO3. The minimum absolute atomic E-state index is 0.347. The topological polar surface area (TPSA) is 66.7 Å². The molecule has 4 aliphatic carbocycles. The van der Waals surface area contributed by atoms with Crippen molar-refractivity contribution in [3.8, 4) is 0 Å². The van der Waals surface area contributed by atoms with E-state index in [-0.39, 0.29) is 0 Å². The summed E-state index contributed by atoms with van der Waals surface area (Å²) < 4.78 is -1.80. The van der Waals surface area contributed by atoms with Crippen LogP contribution >= 0.6 is 23.2 Å². The number of hydrogen-bond acceptors (Lipinski definition) is 3. The molecule has 6 heteroatoms. The van der Waals surface area contributed by atoms with E-state index < -0.39 is 21.3 Å². The van der Waals surface area contributed by atoms with Gasteiger partial charge in [-0.15, -0.1) is 0 Å². The Kier molecular flexibility index (Phi) is 2.54. The van der Waals surface area contributed by atoms with E-state index in [0.717, 1.165) is 19.3 Å². The first-order chi connectivity index (χ1) is 8.32. The lowest BCUT2D eigenvalue weighted by Crippen LogP contribution is -2.61. The van der Waals surface area contributed by atoms with Crippen LogP contribution in [-0.2, 0) is 4.79 Å². The van der Waals surface area contributed by atoms with Crippen LogP contribution in [0.5, 0.6) is 0 Å². The molecule has 1 N–H and O–H groups in total. The second-order valence-corrected chi connectivity index (χ2v) is 7.76. The Morgan fingerprint density at radius 1 is 1.22 bits per heavy atom. The van der Waals surface area contributed by atoms with Crippen molar-refractivity contribution in [2.45, 2.75) is 48.4 Å². The molecule has 0 amide bonds. The first kappa shape index (κ1) is 12.7. The van der Waals surface area contributed by atoms with Gasteiger partial charge in [-0.1, -0.05) is 28.4 Å². The zero-order valence-corrected chi connectivity index (χ0v) is 11.4. The molecular weight excluding hydrogens is 277 g/mol. The van der Waals surface area contributed by atoms with Gasteiger partial charge in [0.1, 0.15) is 5.54 Å². The number of carboxylic acids is 1. The summed E-state index contributed by atoms with van der Waals surface area (Å²) in [6.07, 6.45) is 4.45. The van der Waals surface area contributed by atoms with Crippen molar-refractivity contribution >= 4 is 29.2 Å². The summed E-state index contributed by atoms with van der Waals surface area (Å²) >= 11 is 12.3. The maximum absolute atomic E-state index is 11.4. The van der Waals surface area contributed by atoms with Gasteiger partial charge in [0, 0.05) is 5.41 Å². The lowest BCUT2D eigenvalue weighted by atomic mass is 9.46. The molecule has 4 aliphatic rings. The monoisotopic (exact) mass is 291 g/mol. The van der Waals surface area contributed by atoms with E-state index in [1.165, 1.54) is 0 Å². The van der Waals surface area contributed by atoms with Crippen LogP contribution in [0.2, 0.25) is 0 Å². The molecule has 0 aromatic rings. The van der Waals surface area contributed by atoms with Crippen LogP contribution < -0.4 is 0 Å². The summed E-state index contributed by atoms with van der Waals surface area (Å²) in [6, 6.07) is 0. The first-order valence-electron chi connectivity index (χ1n) is 6.28. The van der Waals surface area contributed by atoms with Gasteiger partial charge in [-0.25, -0.2) is 4.79 Å². The number of hydrogen-bond donors (Lipinski definition) is 1. The van der Waals surface area contributed by atoms with Gasteiger partial charge >= 0.3 is 5.97 Å². The second kappa shape index (κ2) is 3.60. The van der Waals surface area contributed by atoms with E-state index in [4.69, 9.17) is 23.2 Å². The highest BCUT2D eigenvalue weighted by Gasteiger charge is 2.67. The smallest absolute Gasteiger partial charge is 0.340 e. The normalized spacial score (nSPS) is 46.1. The summed E-state index contributed by atoms with van der Waals surface area (Å²) in [5.41, 5.74) is -1.30. The van der Waals surface area contributed by atoms with Crippen molar-refractivity contribution in [2.75, 3.05) is 0 Å². The summed E-state index contributed by atoms with van der Waals surface area (Å²) in [4.78, 5) is 22.6. The van der Waals surface area contributed by atoms with Crippen molar-refractivity contribution in [2.24, 2.45) is 22.4 Å². The fourth-order valence-corrected chi connectivity index (χ4v) is 5.36. The average molecular weight is 292 g/mol. The lowest BCUT2D eigenvalue weighted by Gasteiger charge is -2.61. The number of aliphatic carboxylic acids is 1. The molecule has 0 spiro atoms. The van der Waals surface area contributed by atoms with E-state index in [9.17, 15) is 14.8 Å². The Morgan fingerprint density at radius 2 is 1.78 bits per heavy atom. The molecule has 0 aromatic heterocycles. The standard InChI is InChI=1S/C12H15Cl2NO3/c13-12(14,9(16)17)10-2-7-1-8(3-10)5-11(4-7,6-10)15-18/h7-8H,1-6H2,(H,16,17). The minimum Gasteiger partial charge on any atom is -0.479 e. The average Bonchev–Trinajstić information content (AvgIpc) is 2.26. The molecule has 4 nitrogen and oxygen atoms in total. The van der Waals surface area contributed by atoms with E-state index >= 15 is 0 Å². The number of carboxylic acid groups (broad SMARTS) is 1. The van der Waals surface area contributed by atoms with Gasteiger partial charge < -0.3 is 5.11 Å². The van der Waals surface area contributed by atoms with Crippen LogP contribution in [0.3, 0.4) is 0 Å². The van der Waals surface area contributed by atoms with Crippen molar-refractivity contribution in [1.29, 1.82) is 0 Å². The maximum Gasteiger partial charge on any atom is 0.340 e. The molecule has 2 unspecified atom stereocenters. The molecule has 100 valence electrons. The second-order valence-electron chi connectivity index (χ2n) is 6.44. The summed E-state index contributed by atoms with van der Waals surface area (Å²) in [5, 5.41) is 12.6. The highest BCUT2D eigenvalue weighted by Crippen LogP contribution is 2.68. The fraction of sp³-hybridized carbons (Fsp3) is 0.917. The molecule has 0 radical (unpaired) electrons. The van der Waals surface area contributed by atoms with E-state index in [2.05, 4.69) is 5.18 Å². The largest absolute Gasteiger partial charge is 0.479 e. The molecule has 4 saturated carbocycles. The highest BCUT2D eigenvalue weighted by atomic mass is 35.5. The Morgan fingerprint density at radius 3 is 2.22 bits per heavy atom. The molecule has 2 atom stereocenters. The van der Waals surface area contributed by atoms with Gasteiger partial charge in [0.05, 0.1) is 0 Å². The number of halogens is 2. The molecule has 4 rings (SSSR count). The van der Waals surface area contributed by atoms with E-state index in [0.29, 0.717) is 31.1 Å². The number of alkyl halides is 2. The minimum atomic E-state index is -1.80. The summed E-state index contributed by atoms with van der Waals surface area (Å²) in [7, 11) is 0. The van der Waals surface area contributed by atoms with Crippen LogP contribution in [0.1, 0.15) is 38.5 Å². The van der Waals surface area contributed by atoms with Gasteiger partial charge in [0.15, 0.2) is 0 Å².